The molecule has 0 radical (unpaired) electrons. The number of hydrogen-bond acceptors (Lipinski definition) is 6. The molecule has 0 saturated heterocycles. The van der Waals surface area contributed by atoms with Crippen LogP contribution in [0.25, 0.3) is 0 Å². The second-order valence-corrected chi connectivity index (χ2v) is 6.77. The van der Waals surface area contributed by atoms with Crippen molar-refractivity contribution < 1.29 is 28.6 Å². The van der Waals surface area contributed by atoms with Crippen molar-refractivity contribution in [2.24, 2.45) is 0 Å². The molecule has 2 heterocycles. The predicted octanol–water partition coefficient (Wildman–Crippen LogP) is 1.89. The molecule has 2 aliphatic rings. The van der Waals surface area contributed by atoms with Gasteiger partial charge in [0.25, 0.3) is 11.8 Å². The quantitative estimate of drug-likeness (QED) is 0.778. The minimum atomic E-state index is -0.337. The summed E-state index contributed by atoms with van der Waals surface area (Å²) < 4.78 is 16.3. The third kappa shape index (κ3) is 4.14. The number of amides is 3. The second kappa shape index (κ2) is 8.32. The van der Waals surface area contributed by atoms with Gasteiger partial charge in [-0.1, -0.05) is 0 Å². The molecule has 2 N–H and O–H groups in total. The van der Waals surface area contributed by atoms with Crippen LogP contribution >= 0.6 is 0 Å². The van der Waals surface area contributed by atoms with Crippen LogP contribution in [0, 0.1) is 0 Å². The van der Waals surface area contributed by atoms with Gasteiger partial charge in [0.15, 0.2) is 18.1 Å². The fourth-order valence-corrected chi connectivity index (χ4v) is 3.22. The molecule has 0 aliphatic carbocycles. The first-order valence-electron chi connectivity index (χ1n) is 9.59. The Labute approximate surface area is 172 Å². The molecule has 2 aliphatic heterocycles. The third-order valence-electron chi connectivity index (χ3n) is 4.69. The standard InChI is InChI=1S/C21H21N3O6/c1-2-24(21(27)13-3-5-16-15(9-13)23-20(26)12-30-16)11-19(25)22-14-4-6-17-18(10-14)29-8-7-28-17/h3-6,9-10H,2,7-8,11-12H2,1H3,(H,22,25)(H,23,26). The molecule has 0 unspecified atom stereocenters. The van der Waals surface area contributed by atoms with E-state index in [-0.39, 0.29) is 30.9 Å². The van der Waals surface area contributed by atoms with Gasteiger partial charge in [0.1, 0.15) is 25.5 Å². The Morgan fingerprint density at radius 1 is 1.03 bits per heavy atom. The van der Waals surface area contributed by atoms with Crippen LogP contribution in [0.15, 0.2) is 36.4 Å². The molecule has 0 bridgehead atoms. The average Bonchev–Trinajstić information content (AvgIpc) is 2.76. The molecule has 0 spiro atoms. The van der Waals surface area contributed by atoms with E-state index >= 15 is 0 Å². The van der Waals surface area contributed by atoms with E-state index in [1.54, 1.807) is 43.3 Å². The van der Waals surface area contributed by atoms with Crippen LogP contribution in [-0.4, -0.2) is 55.5 Å². The minimum Gasteiger partial charge on any atom is -0.486 e. The van der Waals surface area contributed by atoms with Gasteiger partial charge >= 0.3 is 0 Å². The Morgan fingerprint density at radius 3 is 2.60 bits per heavy atom. The van der Waals surface area contributed by atoms with Gasteiger partial charge in [0, 0.05) is 23.9 Å². The van der Waals surface area contributed by atoms with Gasteiger partial charge in [-0.3, -0.25) is 14.4 Å². The summed E-state index contributed by atoms with van der Waals surface area (Å²) in [5.41, 5.74) is 1.35. The number of carbonyl (C=O) groups is 3. The molecule has 0 aromatic heterocycles. The van der Waals surface area contributed by atoms with Crippen LogP contribution < -0.4 is 24.8 Å². The van der Waals surface area contributed by atoms with Crippen molar-refractivity contribution in [2.75, 3.05) is 43.5 Å². The number of ether oxygens (including phenoxy) is 3. The van der Waals surface area contributed by atoms with Crippen molar-refractivity contribution in [1.82, 2.24) is 4.90 Å². The van der Waals surface area contributed by atoms with Gasteiger partial charge in [-0.2, -0.15) is 0 Å². The lowest BCUT2D eigenvalue weighted by Crippen LogP contribution is -2.38. The summed E-state index contributed by atoms with van der Waals surface area (Å²) >= 11 is 0. The number of carbonyl (C=O) groups excluding carboxylic acids is 3. The van der Waals surface area contributed by atoms with Crippen molar-refractivity contribution in [3.63, 3.8) is 0 Å². The van der Waals surface area contributed by atoms with Crippen LogP contribution in [0.4, 0.5) is 11.4 Å². The van der Waals surface area contributed by atoms with Crippen LogP contribution in [0.5, 0.6) is 17.2 Å². The molecule has 9 nitrogen and oxygen atoms in total. The number of nitrogens with one attached hydrogen (secondary N) is 2. The van der Waals surface area contributed by atoms with Crippen LogP contribution in [0.2, 0.25) is 0 Å². The topological polar surface area (TPSA) is 106 Å². The highest BCUT2D eigenvalue weighted by Gasteiger charge is 2.22. The molecule has 0 saturated carbocycles. The molecule has 0 fully saturated rings. The van der Waals surface area contributed by atoms with Crippen molar-refractivity contribution in [1.29, 1.82) is 0 Å². The first kappa shape index (κ1) is 19.6. The molecule has 156 valence electrons. The Kier molecular flexibility index (Phi) is 5.42. The third-order valence-corrected chi connectivity index (χ3v) is 4.69. The van der Waals surface area contributed by atoms with E-state index in [1.165, 1.54) is 4.90 Å². The number of fused-ring (bicyclic) bond motifs is 2. The van der Waals surface area contributed by atoms with Gasteiger partial charge in [-0.25, -0.2) is 0 Å². The van der Waals surface area contributed by atoms with Crippen molar-refractivity contribution in [2.45, 2.75) is 6.92 Å². The largest absolute Gasteiger partial charge is 0.486 e. The van der Waals surface area contributed by atoms with E-state index in [2.05, 4.69) is 10.6 Å². The fourth-order valence-electron chi connectivity index (χ4n) is 3.22. The average molecular weight is 411 g/mol. The maximum atomic E-state index is 12.9. The van der Waals surface area contributed by atoms with Crippen molar-refractivity contribution in [3.8, 4) is 17.2 Å². The minimum absolute atomic E-state index is 0.0542. The number of nitrogens with zero attached hydrogens (tertiary/aromatic N) is 1. The van der Waals surface area contributed by atoms with E-state index in [0.29, 0.717) is 53.9 Å². The highest BCUT2D eigenvalue weighted by atomic mass is 16.6. The monoisotopic (exact) mass is 411 g/mol. The lowest BCUT2D eigenvalue weighted by atomic mass is 10.1. The molecule has 9 heteroatoms. The smallest absolute Gasteiger partial charge is 0.262 e. The van der Waals surface area contributed by atoms with Gasteiger partial charge in [0.2, 0.25) is 5.91 Å². The number of hydrogen-bond donors (Lipinski definition) is 2. The first-order valence-corrected chi connectivity index (χ1v) is 9.59. The molecular formula is C21H21N3O6. The summed E-state index contributed by atoms with van der Waals surface area (Å²) in [5, 5.41) is 5.45. The number of benzene rings is 2. The number of rotatable bonds is 5. The lowest BCUT2D eigenvalue weighted by Gasteiger charge is -2.23. The number of anilines is 2. The zero-order chi connectivity index (χ0) is 21.1. The molecular weight excluding hydrogens is 390 g/mol. The summed E-state index contributed by atoms with van der Waals surface area (Å²) in [4.78, 5) is 38.3. The van der Waals surface area contributed by atoms with Crippen LogP contribution in [0.1, 0.15) is 17.3 Å². The maximum Gasteiger partial charge on any atom is 0.262 e. The summed E-state index contributed by atoms with van der Waals surface area (Å²) in [6.07, 6.45) is 0. The molecule has 3 amide bonds. The zero-order valence-corrected chi connectivity index (χ0v) is 16.4. The first-order chi connectivity index (χ1) is 14.5. The van der Waals surface area contributed by atoms with Crippen molar-refractivity contribution >= 4 is 29.1 Å². The zero-order valence-electron chi connectivity index (χ0n) is 16.4. The molecule has 4 rings (SSSR count). The van der Waals surface area contributed by atoms with Gasteiger partial charge in [-0.05, 0) is 37.3 Å². The summed E-state index contributed by atoms with van der Waals surface area (Å²) in [7, 11) is 0. The van der Waals surface area contributed by atoms with Crippen LogP contribution in [0.3, 0.4) is 0 Å². The van der Waals surface area contributed by atoms with Crippen LogP contribution in [-0.2, 0) is 9.59 Å². The highest BCUT2D eigenvalue weighted by Crippen LogP contribution is 2.32. The van der Waals surface area contributed by atoms with Gasteiger partial charge < -0.3 is 29.7 Å². The lowest BCUT2D eigenvalue weighted by molar-refractivity contribution is -0.118. The Balaban J connectivity index is 1.42. The Morgan fingerprint density at radius 2 is 1.80 bits per heavy atom. The second-order valence-electron chi connectivity index (χ2n) is 6.77. The van der Waals surface area contributed by atoms with E-state index in [4.69, 9.17) is 14.2 Å². The Bertz CT molecular complexity index is 1010. The van der Waals surface area contributed by atoms with Gasteiger partial charge in [-0.15, -0.1) is 0 Å². The summed E-state index contributed by atoms with van der Waals surface area (Å²) in [6, 6.07) is 9.93. The van der Waals surface area contributed by atoms with E-state index in [0.717, 1.165) is 0 Å². The Hall–Kier alpha value is -3.75. The molecule has 2 aromatic rings. The maximum absolute atomic E-state index is 12.9. The van der Waals surface area contributed by atoms with Crippen molar-refractivity contribution in [3.05, 3.63) is 42.0 Å². The molecule has 2 aromatic carbocycles. The predicted molar refractivity (Wildman–Crippen MR) is 108 cm³/mol. The highest BCUT2D eigenvalue weighted by molar-refractivity contribution is 6.02. The fraction of sp³-hybridized carbons (Fsp3) is 0.286. The van der Waals surface area contributed by atoms with E-state index in [9.17, 15) is 14.4 Å². The normalized spacial score (nSPS) is 14.1. The SMILES string of the molecule is CCN(CC(=O)Nc1ccc2c(c1)OCCO2)C(=O)c1ccc2c(c1)NC(=O)CO2. The van der Waals surface area contributed by atoms with E-state index in [1.807, 2.05) is 0 Å². The van der Waals surface area contributed by atoms with Gasteiger partial charge in [0.05, 0.1) is 5.69 Å². The summed E-state index contributed by atoms with van der Waals surface area (Å²) in [6.45, 7) is 2.90. The molecule has 30 heavy (non-hydrogen) atoms. The summed E-state index contributed by atoms with van der Waals surface area (Å²) in [5.74, 6) is 0.770. The number of likely N-dealkylation sites (N-methyl/N-ethyl adjacent to an activating group) is 1. The molecule has 0 atom stereocenters. The van der Waals surface area contributed by atoms with E-state index < -0.39 is 0 Å².